The summed E-state index contributed by atoms with van der Waals surface area (Å²) >= 11 is 18.4. The zero-order valence-corrected chi connectivity index (χ0v) is 16.9. The Hall–Kier alpha value is -2.53. The number of nitrogens with zero attached hydrogens (tertiary/aromatic N) is 1. The van der Waals surface area contributed by atoms with Crippen molar-refractivity contribution in [3.8, 4) is 11.5 Å². The standard InChI is InChI=1S/C21H13Cl3N2O2/c1-11-5-6-12(9-16(11)23)20(27)25-13-7-8-18-17(10-13)26-21(28-18)14-3-2-4-15(22)19(14)24/h2-10H,1H3,(H,25,27). The maximum atomic E-state index is 12.5. The maximum Gasteiger partial charge on any atom is 0.255 e. The lowest BCUT2D eigenvalue weighted by Crippen LogP contribution is -2.11. The molecule has 0 spiro atoms. The molecule has 0 saturated carbocycles. The Morgan fingerprint density at radius 1 is 1.00 bits per heavy atom. The molecular formula is C21H13Cl3N2O2. The molecule has 0 aliphatic rings. The number of hydrogen-bond donors (Lipinski definition) is 1. The second-order valence-electron chi connectivity index (χ2n) is 6.22. The van der Waals surface area contributed by atoms with E-state index in [0.29, 0.717) is 48.9 Å². The summed E-state index contributed by atoms with van der Waals surface area (Å²) in [6, 6.07) is 15.6. The lowest BCUT2D eigenvalue weighted by molar-refractivity contribution is 0.102. The summed E-state index contributed by atoms with van der Waals surface area (Å²) < 4.78 is 5.78. The van der Waals surface area contributed by atoms with Gasteiger partial charge >= 0.3 is 0 Å². The molecule has 0 unspecified atom stereocenters. The van der Waals surface area contributed by atoms with Crippen molar-refractivity contribution in [3.63, 3.8) is 0 Å². The van der Waals surface area contributed by atoms with E-state index in [1.54, 1.807) is 54.6 Å². The van der Waals surface area contributed by atoms with Gasteiger partial charge in [0.25, 0.3) is 5.91 Å². The number of fused-ring (bicyclic) bond motifs is 1. The van der Waals surface area contributed by atoms with Crippen LogP contribution >= 0.6 is 34.8 Å². The molecule has 1 heterocycles. The van der Waals surface area contributed by atoms with Crippen LogP contribution in [-0.2, 0) is 0 Å². The summed E-state index contributed by atoms with van der Waals surface area (Å²) in [6.45, 7) is 1.88. The first kappa shape index (κ1) is 18.8. The molecule has 0 saturated heterocycles. The summed E-state index contributed by atoms with van der Waals surface area (Å²) in [5.74, 6) is 0.0964. The third kappa shape index (κ3) is 3.59. The van der Waals surface area contributed by atoms with Gasteiger partial charge < -0.3 is 9.73 Å². The van der Waals surface area contributed by atoms with Crippen LogP contribution in [0.1, 0.15) is 15.9 Å². The average Bonchev–Trinajstić information content (AvgIpc) is 3.09. The van der Waals surface area contributed by atoms with Gasteiger partial charge in [0.15, 0.2) is 5.58 Å². The van der Waals surface area contributed by atoms with Crippen molar-refractivity contribution < 1.29 is 9.21 Å². The Labute approximate surface area is 176 Å². The van der Waals surface area contributed by atoms with E-state index in [0.717, 1.165) is 5.56 Å². The van der Waals surface area contributed by atoms with Crippen LogP contribution in [0.3, 0.4) is 0 Å². The molecule has 0 aliphatic heterocycles. The topological polar surface area (TPSA) is 55.1 Å². The van der Waals surface area contributed by atoms with Crippen LogP contribution in [0, 0.1) is 6.92 Å². The highest BCUT2D eigenvalue weighted by Crippen LogP contribution is 2.35. The third-order valence-electron chi connectivity index (χ3n) is 4.26. The predicted molar refractivity (Wildman–Crippen MR) is 114 cm³/mol. The number of aromatic nitrogens is 1. The van der Waals surface area contributed by atoms with Crippen LogP contribution < -0.4 is 5.32 Å². The largest absolute Gasteiger partial charge is 0.436 e. The van der Waals surface area contributed by atoms with Crippen molar-refractivity contribution in [1.82, 2.24) is 4.98 Å². The van der Waals surface area contributed by atoms with Gasteiger partial charge in [-0.2, -0.15) is 0 Å². The first-order chi connectivity index (χ1) is 13.4. The second-order valence-corrected chi connectivity index (χ2v) is 7.41. The first-order valence-electron chi connectivity index (χ1n) is 8.35. The number of nitrogens with one attached hydrogen (secondary N) is 1. The maximum absolute atomic E-state index is 12.5. The number of carbonyl (C=O) groups excluding carboxylic acids is 1. The molecule has 0 fully saturated rings. The zero-order valence-electron chi connectivity index (χ0n) is 14.6. The highest BCUT2D eigenvalue weighted by atomic mass is 35.5. The van der Waals surface area contributed by atoms with Gasteiger partial charge in [-0.25, -0.2) is 4.98 Å². The molecule has 0 atom stereocenters. The van der Waals surface area contributed by atoms with Crippen LogP contribution in [0.4, 0.5) is 5.69 Å². The quantitative estimate of drug-likeness (QED) is 0.379. The molecular weight excluding hydrogens is 419 g/mol. The lowest BCUT2D eigenvalue weighted by atomic mass is 10.1. The molecule has 7 heteroatoms. The Balaban J connectivity index is 1.64. The minimum Gasteiger partial charge on any atom is -0.436 e. The van der Waals surface area contributed by atoms with Crippen molar-refractivity contribution in [2.24, 2.45) is 0 Å². The van der Waals surface area contributed by atoms with Gasteiger partial charge in [-0.15, -0.1) is 0 Å². The highest BCUT2D eigenvalue weighted by Gasteiger charge is 2.15. The van der Waals surface area contributed by atoms with Gasteiger partial charge in [0, 0.05) is 16.3 Å². The van der Waals surface area contributed by atoms with E-state index in [1.807, 2.05) is 6.92 Å². The Morgan fingerprint density at radius 2 is 1.82 bits per heavy atom. The molecule has 4 aromatic rings. The molecule has 1 amide bonds. The molecule has 0 aliphatic carbocycles. The summed E-state index contributed by atoms with van der Waals surface area (Å²) in [4.78, 5) is 16.9. The lowest BCUT2D eigenvalue weighted by Gasteiger charge is -2.06. The fraction of sp³-hybridized carbons (Fsp3) is 0.0476. The van der Waals surface area contributed by atoms with Crippen LogP contribution in [0.15, 0.2) is 59.0 Å². The number of rotatable bonds is 3. The molecule has 0 radical (unpaired) electrons. The number of halogens is 3. The minimum atomic E-state index is -0.261. The van der Waals surface area contributed by atoms with E-state index in [1.165, 1.54) is 0 Å². The van der Waals surface area contributed by atoms with Crippen LogP contribution in [-0.4, -0.2) is 10.9 Å². The van der Waals surface area contributed by atoms with Gasteiger partial charge in [0.2, 0.25) is 5.89 Å². The zero-order chi connectivity index (χ0) is 19.8. The van der Waals surface area contributed by atoms with Gasteiger partial charge in [0.05, 0.1) is 15.6 Å². The Bertz CT molecular complexity index is 1220. The normalized spacial score (nSPS) is 11.0. The summed E-state index contributed by atoms with van der Waals surface area (Å²) in [6.07, 6.45) is 0. The van der Waals surface area contributed by atoms with Crippen LogP contribution in [0.25, 0.3) is 22.6 Å². The summed E-state index contributed by atoms with van der Waals surface area (Å²) in [5, 5.41) is 4.18. The molecule has 1 N–H and O–H groups in total. The molecule has 1 aromatic heterocycles. The van der Waals surface area contributed by atoms with Crippen LogP contribution in [0.5, 0.6) is 0 Å². The minimum absolute atomic E-state index is 0.261. The van der Waals surface area contributed by atoms with Crippen molar-refractivity contribution in [1.29, 1.82) is 0 Å². The van der Waals surface area contributed by atoms with Gasteiger partial charge in [0.1, 0.15) is 5.52 Å². The number of aryl methyl sites for hydroxylation is 1. The molecule has 28 heavy (non-hydrogen) atoms. The van der Waals surface area contributed by atoms with E-state index in [4.69, 9.17) is 39.2 Å². The highest BCUT2D eigenvalue weighted by molar-refractivity contribution is 6.43. The summed E-state index contributed by atoms with van der Waals surface area (Å²) in [5.41, 5.74) is 3.74. The number of hydrogen-bond acceptors (Lipinski definition) is 3. The molecule has 4 nitrogen and oxygen atoms in total. The smallest absolute Gasteiger partial charge is 0.255 e. The van der Waals surface area contributed by atoms with E-state index < -0.39 is 0 Å². The SMILES string of the molecule is Cc1ccc(C(=O)Nc2ccc3oc(-c4cccc(Cl)c4Cl)nc3c2)cc1Cl. The average molecular weight is 432 g/mol. The Kier molecular flexibility index (Phi) is 5.02. The fourth-order valence-electron chi connectivity index (χ4n) is 2.73. The van der Waals surface area contributed by atoms with Crippen molar-refractivity contribution >= 4 is 57.5 Å². The van der Waals surface area contributed by atoms with Crippen LogP contribution in [0.2, 0.25) is 15.1 Å². The van der Waals surface area contributed by atoms with Crippen molar-refractivity contribution in [2.75, 3.05) is 5.32 Å². The van der Waals surface area contributed by atoms with Crippen molar-refractivity contribution in [2.45, 2.75) is 6.92 Å². The number of benzene rings is 3. The van der Waals surface area contributed by atoms with E-state index in [2.05, 4.69) is 10.3 Å². The van der Waals surface area contributed by atoms with Crippen molar-refractivity contribution in [3.05, 3.63) is 80.8 Å². The molecule has 140 valence electrons. The molecule has 3 aromatic carbocycles. The van der Waals surface area contributed by atoms with E-state index in [9.17, 15) is 4.79 Å². The van der Waals surface area contributed by atoms with Gasteiger partial charge in [-0.1, -0.05) is 46.9 Å². The van der Waals surface area contributed by atoms with E-state index >= 15 is 0 Å². The number of amides is 1. The predicted octanol–water partition coefficient (Wildman–Crippen LogP) is 7.02. The first-order valence-corrected chi connectivity index (χ1v) is 9.48. The third-order valence-corrected chi connectivity index (χ3v) is 5.49. The monoisotopic (exact) mass is 430 g/mol. The fourth-order valence-corrected chi connectivity index (χ4v) is 3.29. The number of anilines is 1. The Morgan fingerprint density at radius 3 is 2.61 bits per heavy atom. The molecule has 0 bridgehead atoms. The second kappa shape index (κ2) is 7.47. The number of carbonyl (C=O) groups is 1. The summed E-state index contributed by atoms with van der Waals surface area (Å²) in [7, 11) is 0. The van der Waals surface area contributed by atoms with E-state index in [-0.39, 0.29) is 5.91 Å². The van der Waals surface area contributed by atoms with Gasteiger partial charge in [-0.05, 0) is 55.0 Å². The number of oxazole rings is 1. The van der Waals surface area contributed by atoms with Gasteiger partial charge in [-0.3, -0.25) is 4.79 Å². The molecule has 4 rings (SSSR count).